The molecular formula is C19H25NO3. The van der Waals surface area contributed by atoms with Crippen molar-refractivity contribution in [2.24, 2.45) is 0 Å². The maximum Gasteiger partial charge on any atom is 0.328 e. The molecule has 23 heavy (non-hydrogen) atoms. The second kappa shape index (κ2) is 8.51. The van der Waals surface area contributed by atoms with Gasteiger partial charge in [-0.1, -0.05) is 18.2 Å². The summed E-state index contributed by atoms with van der Waals surface area (Å²) < 4.78 is 5.04. The fraction of sp³-hybridized carbons (Fsp3) is 0.474. The van der Waals surface area contributed by atoms with E-state index in [0.717, 1.165) is 12.8 Å². The predicted octanol–water partition coefficient (Wildman–Crippen LogP) is 3.19. The van der Waals surface area contributed by atoms with E-state index in [2.05, 4.69) is 5.32 Å². The summed E-state index contributed by atoms with van der Waals surface area (Å²) in [5.41, 5.74) is 3.20. The first-order valence-corrected chi connectivity index (χ1v) is 8.36. The van der Waals surface area contributed by atoms with Crippen LogP contribution >= 0.6 is 0 Å². The Labute approximate surface area is 137 Å². The standard InChI is InChI=1S/C19H25NO3/c1-3-5-10-17(19(22)23-4-2)20-18(21)16-12-11-14-8-6-7-9-15(14)13-16/h3,5,11-13,17H,4,6-10H2,1-2H3,(H,20,21)/b5-3+. The third-order valence-corrected chi connectivity index (χ3v) is 4.09. The maximum absolute atomic E-state index is 12.5. The van der Waals surface area contributed by atoms with Crippen LogP contribution in [0, 0.1) is 0 Å². The van der Waals surface area contributed by atoms with Gasteiger partial charge in [0.1, 0.15) is 6.04 Å². The van der Waals surface area contributed by atoms with Crippen molar-refractivity contribution in [3.05, 3.63) is 47.0 Å². The van der Waals surface area contributed by atoms with E-state index in [9.17, 15) is 9.59 Å². The molecule has 1 aromatic carbocycles. The van der Waals surface area contributed by atoms with Crippen molar-refractivity contribution in [1.29, 1.82) is 0 Å². The van der Waals surface area contributed by atoms with Crippen LogP contribution in [0.25, 0.3) is 0 Å². The predicted molar refractivity (Wildman–Crippen MR) is 90.4 cm³/mol. The highest BCUT2D eigenvalue weighted by molar-refractivity contribution is 5.97. The quantitative estimate of drug-likeness (QED) is 0.648. The molecule has 1 unspecified atom stereocenters. The first-order valence-electron chi connectivity index (χ1n) is 8.36. The van der Waals surface area contributed by atoms with E-state index in [4.69, 9.17) is 4.74 Å². The maximum atomic E-state index is 12.5. The molecule has 0 radical (unpaired) electrons. The average molecular weight is 315 g/mol. The number of rotatable bonds is 6. The molecule has 1 amide bonds. The van der Waals surface area contributed by atoms with Gasteiger partial charge in [-0.05, 0) is 69.2 Å². The lowest BCUT2D eigenvalue weighted by Gasteiger charge is -2.18. The van der Waals surface area contributed by atoms with Gasteiger partial charge in [0, 0.05) is 5.56 Å². The molecule has 1 aliphatic carbocycles. The molecule has 2 rings (SSSR count). The van der Waals surface area contributed by atoms with Gasteiger partial charge >= 0.3 is 5.97 Å². The second-order valence-corrected chi connectivity index (χ2v) is 5.77. The summed E-state index contributed by atoms with van der Waals surface area (Å²) >= 11 is 0. The van der Waals surface area contributed by atoms with Gasteiger partial charge in [-0.15, -0.1) is 0 Å². The molecule has 0 saturated heterocycles. The second-order valence-electron chi connectivity index (χ2n) is 5.77. The molecule has 0 aromatic heterocycles. The highest BCUT2D eigenvalue weighted by Gasteiger charge is 2.22. The average Bonchev–Trinajstić information content (AvgIpc) is 2.58. The molecular weight excluding hydrogens is 290 g/mol. The largest absolute Gasteiger partial charge is 0.464 e. The number of fused-ring (bicyclic) bond motifs is 1. The van der Waals surface area contributed by atoms with Crippen LogP contribution in [0.2, 0.25) is 0 Å². The van der Waals surface area contributed by atoms with E-state index in [1.54, 1.807) is 6.92 Å². The molecule has 0 bridgehead atoms. The van der Waals surface area contributed by atoms with Crippen molar-refractivity contribution in [2.45, 2.75) is 52.0 Å². The molecule has 0 spiro atoms. The Kier molecular flexibility index (Phi) is 6.39. The minimum Gasteiger partial charge on any atom is -0.464 e. The van der Waals surface area contributed by atoms with E-state index in [1.807, 2.05) is 37.3 Å². The number of benzene rings is 1. The van der Waals surface area contributed by atoms with Crippen LogP contribution in [0.15, 0.2) is 30.4 Å². The minimum absolute atomic E-state index is 0.221. The molecule has 4 nitrogen and oxygen atoms in total. The van der Waals surface area contributed by atoms with Gasteiger partial charge in [0.25, 0.3) is 5.91 Å². The van der Waals surface area contributed by atoms with Crippen LogP contribution < -0.4 is 5.32 Å². The number of hydrogen-bond donors (Lipinski definition) is 1. The number of aryl methyl sites for hydroxylation is 2. The first kappa shape index (κ1) is 17.3. The van der Waals surface area contributed by atoms with Gasteiger partial charge in [0.2, 0.25) is 0 Å². The topological polar surface area (TPSA) is 55.4 Å². The van der Waals surface area contributed by atoms with Crippen molar-refractivity contribution in [3.8, 4) is 0 Å². The number of amides is 1. The number of ether oxygens (including phenoxy) is 1. The van der Waals surface area contributed by atoms with Crippen molar-refractivity contribution in [1.82, 2.24) is 5.32 Å². The summed E-state index contributed by atoms with van der Waals surface area (Å²) in [5.74, 6) is -0.613. The van der Waals surface area contributed by atoms with Crippen LogP contribution in [-0.4, -0.2) is 24.5 Å². The monoisotopic (exact) mass is 315 g/mol. The molecule has 0 heterocycles. The van der Waals surface area contributed by atoms with Crippen molar-refractivity contribution in [2.75, 3.05) is 6.61 Å². The summed E-state index contributed by atoms with van der Waals surface area (Å²) in [5, 5.41) is 2.79. The number of carbonyl (C=O) groups excluding carboxylic acids is 2. The summed E-state index contributed by atoms with van der Waals surface area (Å²) in [6, 6.07) is 5.20. The Bertz CT molecular complexity index is 592. The fourth-order valence-corrected chi connectivity index (χ4v) is 2.85. The lowest BCUT2D eigenvalue weighted by atomic mass is 9.90. The molecule has 1 atom stereocenters. The van der Waals surface area contributed by atoms with Gasteiger partial charge in [-0.3, -0.25) is 4.79 Å². The molecule has 1 aliphatic rings. The molecule has 0 aliphatic heterocycles. The number of hydrogen-bond acceptors (Lipinski definition) is 3. The molecule has 1 aromatic rings. The summed E-state index contributed by atoms with van der Waals surface area (Å²) in [4.78, 5) is 24.4. The van der Waals surface area contributed by atoms with E-state index in [1.165, 1.54) is 24.0 Å². The normalized spacial score (nSPS) is 15.0. The van der Waals surface area contributed by atoms with E-state index in [-0.39, 0.29) is 5.91 Å². The number of carbonyl (C=O) groups is 2. The van der Waals surface area contributed by atoms with Crippen LogP contribution in [0.1, 0.15) is 54.6 Å². The van der Waals surface area contributed by atoms with Gasteiger partial charge in [-0.25, -0.2) is 4.79 Å². The van der Waals surface area contributed by atoms with Crippen LogP contribution in [0.5, 0.6) is 0 Å². The van der Waals surface area contributed by atoms with Crippen LogP contribution in [0.4, 0.5) is 0 Å². The van der Waals surface area contributed by atoms with Crippen molar-refractivity contribution >= 4 is 11.9 Å². The fourth-order valence-electron chi connectivity index (χ4n) is 2.85. The molecule has 124 valence electrons. The Morgan fingerprint density at radius 2 is 2.00 bits per heavy atom. The molecule has 0 fully saturated rings. The van der Waals surface area contributed by atoms with Gasteiger partial charge in [0.15, 0.2) is 0 Å². The Morgan fingerprint density at radius 3 is 2.70 bits per heavy atom. The minimum atomic E-state index is -0.644. The third-order valence-electron chi connectivity index (χ3n) is 4.09. The lowest BCUT2D eigenvalue weighted by Crippen LogP contribution is -2.41. The Balaban J connectivity index is 2.09. The first-order chi connectivity index (χ1) is 11.2. The smallest absolute Gasteiger partial charge is 0.328 e. The van der Waals surface area contributed by atoms with Gasteiger partial charge < -0.3 is 10.1 Å². The third kappa shape index (κ3) is 4.68. The van der Waals surface area contributed by atoms with Gasteiger partial charge in [0.05, 0.1) is 6.61 Å². The Hall–Kier alpha value is -2.10. The van der Waals surface area contributed by atoms with Crippen LogP contribution in [-0.2, 0) is 22.4 Å². The van der Waals surface area contributed by atoms with E-state index >= 15 is 0 Å². The number of esters is 1. The highest BCUT2D eigenvalue weighted by Crippen LogP contribution is 2.22. The van der Waals surface area contributed by atoms with E-state index < -0.39 is 12.0 Å². The summed E-state index contributed by atoms with van der Waals surface area (Å²) in [7, 11) is 0. The molecule has 0 saturated carbocycles. The Morgan fingerprint density at radius 1 is 1.26 bits per heavy atom. The zero-order valence-corrected chi connectivity index (χ0v) is 13.9. The molecule has 4 heteroatoms. The zero-order chi connectivity index (χ0) is 16.7. The van der Waals surface area contributed by atoms with Crippen molar-refractivity contribution in [3.63, 3.8) is 0 Å². The van der Waals surface area contributed by atoms with Gasteiger partial charge in [-0.2, -0.15) is 0 Å². The highest BCUT2D eigenvalue weighted by atomic mass is 16.5. The van der Waals surface area contributed by atoms with E-state index in [0.29, 0.717) is 18.6 Å². The zero-order valence-electron chi connectivity index (χ0n) is 13.9. The van der Waals surface area contributed by atoms with Crippen LogP contribution in [0.3, 0.4) is 0 Å². The SMILES string of the molecule is C/C=C/CC(NC(=O)c1ccc2c(c1)CCCC2)C(=O)OCC. The summed E-state index contributed by atoms with van der Waals surface area (Å²) in [6.07, 6.45) is 8.65. The number of allylic oxidation sites excluding steroid dienone is 1. The summed E-state index contributed by atoms with van der Waals surface area (Å²) in [6.45, 7) is 3.95. The molecule has 1 N–H and O–H groups in total. The lowest BCUT2D eigenvalue weighted by molar-refractivity contribution is -0.145. The van der Waals surface area contributed by atoms with Crippen molar-refractivity contribution < 1.29 is 14.3 Å². The number of nitrogens with one attached hydrogen (secondary N) is 1.